The normalized spacial score (nSPS) is 17.4. The van der Waals surface area contributed by atoms with Crippen molar-refractivity contribution in [2.24, 2.45) is 5.41 Å². The van der Waals surface area contributed by atoms with Crippen LogP contribution in [0.4, 0.5) is 0 Å². The second kappa shape index (κ2) is 5.93. The fraction of sp³-hybridized carbons (Fsp3) is 0.500. The molecule has 20 heavy (non-hydrogen) atoms. The summed E-state index contributed by atoms with van der Waals surface area (Å²) in [4.78, 5) is 10.8. The Labute approximate surface area is 119 Å². The number of carboxylic acids is 1. The number of hydrogen-bond acceptors (Lipinski definition) is 3. The van der Waals surface area contributed by atoms with Gasteiger partial charge in [-0.3, -0.25) is 4.79 Å². The Morgan fingerprint density at radius 2 is 1.90 bits per heavy atom. The average Bonchev–Trinajstić information content (AvgIpc) is 2.33. The minimum absolute atomic E-state index is 0.0286. The van der Waals surface area contributed by atoms with Gasteiger partial charge in [-0.05, 0) is 23.8 Å². The Hall–Kier alpha value is -1.40. The smallest absolute Gasteiger partial charge is 0.303 e. The predicted octanol–water partition coefficient (Wildman–Crippen LogP) is 1.75. The molecule has 2 rings (SSSR count). The molecule has 0 aromatic heterocycles. The van der Waals surface area contributed by atoms with E-state index >= 15 is 0 Å². The highest BCUT2D eigenvalue weighted by molar-refractivity contribution is 7.88. The number of carbonyl (C=O) groups is 1. The van der Waals surface area contributed by atoms with Crippen molar-refractivity contribution in [2.75, 3.05) is 6.54 Å². The van der Waals surface area contributed by atoms with E-state index in [-0.39, 0.29) is 18.7 Å². The van der Waals surface area contributed by atoms with Crippen molar-refractivity contribution in [1.82, 2.24) is 4.72 Å². The van der Waals surface area contributed by atoms with Crippen LogP contribution < -0.4 is 4.72 Å². The van der Waals surface area contributed by atoms with Crippen molar-refractivity contribution >= 4 is 16.0 Å². The predicted molar refractivity (Wildman–Crippen MR) is 75.6 cm³/mol. The molecule has 2 N–H and O–H groups in total. The van der Waals surface area contributed by atoms with Gasteiger partial charge in [0, 0.05) is 6.54 Å². The molecule has 0 radical (unpaired) electrons. The van der Waals surface area contributed by atoms with E-state index in [1.165, 1.54) is 0 Å². The third-order valence-corrected chi connectivity index (χ3v) is 5.10. The molecule has 0 heterocycles. The molecular formula is C14H19NO4S. The highest BCUT2D eigenvalue weighted by Gasteiger charge is 2.39. The molecule has 1 saturated carbocycles. The van der Waals surface area contributed by atoms with Crippen molar-refractivity contribution in [2.45, 2.75) is 31.4 Å². The molecule has 0 amide bonds. The van der Waals surface area contributed by atoms with E-state index in [1.54, 1.807) is 24.3 Å². The zero-order valence-electron chi connectivity index (χ0n) is 11.2. The average molecular weight is 297 g/mol. The number of sulfonamides is 1. The second-order valence-corrected chi connectivity index (χ2v) is 7.30. The first kappa shape index (κ1) is 15.0. The quantitative estimate of drug-likeness (QED) is 0.803. The van der Waals surface area contributed by atoms with Crippen molar-refractivity contribution in [3.63, 3.8) is 0 Å². The molecule has 110 valence electrons. The first-order valence-electron chi connectivity index (χ1n) is 6.64. The molecule has 1 aromatic carbocycles. The van der Waals surface area contributed by atoms with Gasteiger partial charge in [0.25, 0.3) is 0 Å². The highest BCUT2D eigenvalue weighted by Crippen LogP contribution is 2.43. The standard InChI is InChI=1S/C14H19NO4S/c16-13(17)9-14(7-4-8-14)11-15-20(18,19)10-12-5-2-1-3-6-12/h1-3,5-6,15H,4,7-11H2,(H,16,17). The lowest BCUT2D eigenvalue weighted by Gasteiger charge is -2.40. The second-order valence-electron chi connectivity index (χ2n) is 5.49. The molecule has 0 saturated heterocycles. The van der Waals surface area contributed by atoms with Crippen LogP contribution in [-0.4, -0.2) is 26.0 Å². The Bertz CT molecular complexity index is 564. The van der Waals surface area contributed by atoms with Gasteiger partial charge in [0.1, 0.15) is 0 Å². The molecule has 6 heteroatoms. The first-order chi connectivity index (χ1) is 9.41. The SMILES string of the molecule is O=C(O)CC1(CNS(=O)(=O)Cc2ccccc2)CCC1. The maximum atomic E-state index is 12.0. The number of benzene rings is 1. The summed E-state index contributed by atoms with van der Waals surface area (Å²) in [6.07, 6.45) is 2.54. The Morgan fingerprint density at radius 1 is 1.25 bits per heavy atom. The van der Waals surface area contributed by atoms with Crippen LogP contribution in [0, 0.1) is 5.41 Å². The van der Waals surface area contributed by atoms with Gasteiger partial charge >= 0.3 is 5.97 Å². The number of aliphatic carboxylic acids is 1. The van der Waals surface area contributed by atoms with Crippen LogP contribution in [-0.2, 0) is 20.6 Å². The maximum absolute atomic E-state index is 12.0. The van der Waals surface area contributed by atoms with E-state index < -0.39 is 21.4 Å². The first-order valence-corrected chi connectivity index (χ1v) is 8.29. The summed E-state index contributed by atoms with van der Waals surface area (Å²) >= 11 is 0. The lowest BCUT2D eigenvalue weighted by molar-refractivity contribution is -0.141. The Balaban J connectivity index is 1.93. The summed E-state index contributed by atoms with van der Waals surface area (Å²) < 4.78 is 26.6. The van der Waals surface area contributed by atoms with E-state index in [4.69, 9.17) is 5.11 Å². The van der Waals surface area contributed by atoms with E-state index in [0.717, 1.165) is 24.8 Å². The molecule has 1 aliphatic carbocycles. The van der Waals surface area contributed by atoms with Crippen LogP contribution in [0.1, 0.15) is 31.2 Å². The van der Waals surface area contributed by atoms with Crippen LogP contribution >= 0.6 is 0 Å². The van der Waals surface area contributed by atoms with Gasteiger partial charge in [-0.25, -0.2) is 13.1 Å². The summed E-state index contributed by atoms with van der Waals surface area (Å²) in [6, 6.07) is 8.94. The van der Waals surface area contributed by atoms with Crippen molar-refractivity contribution in [3.05, 3.63) is 35.9 Å². The summed E-state index contributed by atoms with van der Waals surface area (Å²) in [7, 11) is -3.42. The van der Waals surface area contributed by atoms with Gasteiger partial charge in [-0.15, -0.1) is 0 Å². The number of carboxylic acid groups (broad SMARTS) is 1. The number of hydrogen-bond donors (Lipinski definition) is 2. The molecule has 1 aliphatic rings. The maximum Gasteiger partial charge on any atom is 0.303 e. The topological polar surface area (TPSA) is 83.5 Å². The fourth-order valence-electron chi connectivity index (χ4n) is 2.52. The molecular weight excluding hydrogens is 278 g/mol. The van der Waals surface area contributed by atoms with E-state index in [1.807, 2.05) is 6.07 Å². The zero-order chi connectivity index (χ0) is 14.6. The summed E-state index contributed by atoms with van der Waals surface area (Å²) in [5, 5.41) is 8.90. The van der Waals surface area contributed by atoms with Gasteiger partial charge in [-0.1, -0.05) is 36.8 Å². The minimum atomic E-state index is -3.42. The molecule has 1 fully saturated rings. The Kier molecular flexibility index (Phi) is 4.45. The molecule has 0 unspecified atom stereocenters. The number of rotatable bonds is 7. The molecule has 5 nitrogen and oxygen atoms in total. The molecule has 0 aliphatic heterocycles. The van der Waals surface area contributed by atoms with Gasteiger partial charge in [0.05, 0.1) is 12.2 Å². The van der Waals surface area contributed by atoms with E-state index in [2.05, 4.69) is 4.72 Å². The third kappa shape index (κ3) is 4.05. The molecule has 0 spiro atoms. The van der Waals surface area contributed by atoms with Crippen molar-refractivity contribution < 1.29 is 18.3 Å². The zero-order valence-corrected chi connectivity index (χ0v) is 12.0. The lowest BCUT2D eigenvalue weighted by Crippen LogP contribution is -2.43. The van der Waals surface area contributed by atoms with Crippen molar-refractivity contribution in [1.29, 1.82) is 0 Å². The summed E-state index contributed by atoms with van der Waals surface area (Å²) in [6.45, 7) is 0.217. The van der Waals surface area contributed by atoms with Crippen LogP contribution in [0.3, 0.4) is 0 Å². The van der Waals surface area contributed by atoms with Gasteiger partial charge in [-0.2, -0.15) is 0 Å². The largest absolute Gasteiger partial charge is 0.481 e. The Morgan fingerprint density at radius 3 is 2.40 bits per heavy atom. The van der Waals surface area contributed by atoms with Crippen LogP contribution in [0.25, 0.3) is 0 Å². The monoisotopic (exact) mass is 297 g/mol. The van der Waals surface area contributed by atoms with Gasteiger partial charge in [0.2, 0.25) is 10.0 Å². The van der Waals surface area contributed by atoms with Gasteiger partial charge in [0.15, 0.2) is 0 Å². The molecule has 0 atom stereocenters. The van der Waals surface area contributed by atoms with E-state index in [0.29, 0.717) is 0 Å². The van der Waals surface area contributed by atoms with E-state index in [9.17, 15) is 13.2 Å². The molecule has 0 bridgehead atoms. The van der Waals surface area contributed by atoms with Crippen molar-refractivity contribution in [3.8, 4) is 0 Å². The number of nitrogens with one attached hydrogen (secondary N) is 1. The fourth-order valence-corrected chi connectivity index (χ4v) is 3.78. The van der Waals surface area contributed by atoms with Crippen LogP contribution in [0.15, 0.2) is 30.3 Å². The highest BCUT2D eigenvalue weighted by atomic mass is 32.2. The van der Waals surface area contributed by atoms with Gasteiger partial charge < -0.3 is 5.11 Å². The van der Waals surface area contributed by atoms with Crippen LogP contribution in [0.5, 0.6) is 0 Å². The van der Waals surface area contributed by atoms with Crippen LogP contribution in [0.2, 0.25) is 0 Å². The summed E-state index contributed by atoms with van der Waals surface area (Å²) in [5.41, 5.74) is 0.330. The molecule has 1 aromatic rings. The minimum Gasteiger partial charge on any atom is -0.481 e. The third-order valence-electron chi connectivity index (χ3n) is 3.81. The lowest BCUT2D eigenvalue weighted by atomic mass is 9.67. The summed E-state index contributed by atoms with van der Waals surface area (Å²) in [5.74, 6) is -0.941.